The van der Waals surface area contributed by atoms with Crippen LogP contribution in [-0.4, -0.2) is 41.6 Å². The molecule has 1 saturated heterocycles. The molecular weight excluding hydrogens is 248 g/mol. The maximum Gasteiger partial charge on any atom is 0.245 e. The second-order valence-electron chi connectivity index (χ2n) is 4.69. The van der Waals surface area contributed by atoms with Crippen LogP contribution in [0.2, 0.25) is 0 Å². The Morgan fingerprint density at radius 3 is 2.89 bits per heavy atom. The third kappa shape index (κ3) is 2.14. The molecule has 1 aromatic rings. The SMILES string of the molecule is COc1c(NN)ncnc1N1CCNC(=O)C1(C)C. The highest BCUT2D eigenvalue weighted by atomic mass is 16.5. The molecule has 1 aromatic heterocycles. The van der Waals surface area contributed by atoms with Crippen LogP contribution in [0.5, 0.6) is 5.75 Å². The molecule has 2 rings (SSSR count). The summed E-state index contributed by atoms with van der Waals surface area (Å²) < 4.78 is 5.31. The summed E-state index contributed by atoms with van der Waals surface area (Å²) in [6, 6.07) is 0. The zero-order valence-corrected chi connectivity index (χ0v) is 11.2. The van der Waals surface area contributed by atoms with Crippen LogP contribution in [0.1, 0.15) is 13.8 Å². The Balaban J connectivity index is 2.49. The maximum atomic E-state index is 12.0. The van der Waals surface area contributed by atoms with Gasteiger partial charge in [0.1, 0.15) is 11.9 Å². The molecule has 0 bridgehead atoms. The number of methoxy groups -OCH3 is 1. The number of nitrogens with two attached hydrogens (primary N) is 1. The quantitative estimate of drug-likeness (QED) is 0.499. The second-order valence-corrected chi connectivity index (χ2v) is 4.69. The molecular formula is C11H18N6O2. The van der Waals surface area contributed by atoms with Crippen LogP contribution in [0.15, 0.2) is 6.33 Å². The van der Waals surface area contributed by atoms with Crippen molar-refractivity contribution in [2.75, 3.05) is 30.5 Å². The van der Waals surface area contributed by atoms with Crippen molar-refractivity contribution in [3.05, 3.63) is 6.33 Å². The highest BCUT2D eigenvalue weighted by Gasteiger charge is 2.40. The molecule has 19 heavy (non-hydrogen) atoms. The normalized spacial score (nSPS) is 17.9. The van der Waals surface area contributed by atoms with E-state index in [1.54, 1.807) is 0 Å². The molecule has 1 aliphatic heterocycles. The van der Waals surface area contributed by atoms with Crippen molar-refractivity contribution in [3.63, 3.8) is 0 Å². The Hall–Kier alpha value is -2.09. The van der Waals surface area contributed by atoms with E-state index in [1.165, 1.54) is 13.4 Å². The molecule has 0 aromatic carbocycles. The highest BCUT2D eigenvalue weighted by molar-refractivity contribution is 5.90. The average Bonchev–Trinajstić information content (AvgIpc) is 2.40. The number of piperazine rings is 1. The molecule has 104 valence electrons. The smallest absolute Gasteiger partial charge is 0.245 e. The van der Waals surface area contributed by atoms with Crippen LogP contribution < -0.4 is 26.2 Å². The molecule has 0 unspecified atom stereocenters. The van der Waals surface area contributed by atoms with Gasteiger partial charge in [-0.25, -0.2) is 15.8 Å². The van der Waals surface area contributed by atoms with Gasteiger partial charge in [-0.15, -0.1) is 0 Å². The molecule has 0 spiro atoms. The largest absolute Gasteiger partial charge is 0.490 e. The van der Waals surface area contributed by atoms with E-state index in [0.29, 0.717) is 30.5 Å². The van der Waals surface area contributed by atoms with Crippen molar-refractivity contribution >= 4 is 17.5 Å². The molecule has 2 heterocycles. The first-order valence-corrected chi connectivity index (χ1v) is 5.94. The van der Waals surface area contributed by atoms with Crippen LogP contribution in [0.3, 0.4) is 0 Å². The first-order valence-electron chi connectivity index (χ1n) is 5.94. The summed E-state index contributed by atoms with van der Waals surface area (Å²) in [4.78, 5) is 22.1. The van der Waals surface area contributed by atoms with Crippen LogP contribution in [0, 0.1) is 0 Å². The first-order chi connectivity index (χ1) is 9.02. The van der Waals surface area contributed by atoms with Gasteiger partial charge in [-0.2, -0.15) is 0 Å². The summed E-state index contributed by atoms with van der Waals surface area (Å²) in [5, 5.41) is 2.83. The van der Waals surface area contributed by atoms with Gasteiger partial charge < -0.3 is 20.4 Å². The van der Waals surface area contributed by atoms with Gasteiger partial charge in [-0.05, 0) is 13.8 Å². The van der Waals surface area contributed by atoms with Gasteiger partial charge in [-0.3, -0.25) is 4.79 Å². The number of nitrogens with one attached hydrogen (secondary N) is 2. The molecule has 4 N–H and O–H groups in total. The number of hydrazine groups is 1. The summed E-state index contributed by atoms with van der Waals surface area (Å²) in [5.74, 6) is 6.70. The van der Waals surface area contributed by atoms with E-state index in [2.05, 4.69) is 20.7 Å². The minimum absolute atomic E-state index is 0.0540. The van der Waals surface area contributed by atoms with Crippen LogP contribution in [0.4, 0.5) is 11.6 Å². The van der Waals surface area contributed by atoms with Crippen molar-refractivity contribution < 1.29 is 9.53 Å². The van der Waals surface area contributed by atoms with E-state index in [1.807, 2.05) is 18.7 Å². The van der Waals surface area contributed by atoms with Crippen molar-refractivity contribution in [2.24, 2.45) is 5.84 Å². The lowest BCUT2D eigenvalue weighted by molar-refractivity contribution is -0.126. The second kappa shape index (κ2) is 4.88. The number of hydrogen-bond donors (Lipinski definition) is 3. The zero-order chi connectivity index (χ0) is 14.0. The molecule has 1 aliphatic rings. The number of amides is 1. The van der Waals surface area contributed by atoms with E-state index in [-0.39, 0.29) is 5.91 Å². The summed E-state index contributed by atoms with van der Waals surface area (Å²) >= 11 is 0. The standard InChI is InChI=1S/C11H18N6O2/c1-11(2)10(18)13-4-5-17(11)9-7(19-3)8(16-12)14-6-15-9/h6H,4-5,12H2,1-3H3,(H,13,18)(H,14,15,16). The van der Waals surface area contributed by atoms with Gasteiger partial charge in [0.05, 0.1) is 7.11 Å². The Morgan fingerprint density at radius 2 is 2.26 bits per heavy atom. The van der Waals surface area contributed by atoms with Crippen molar-refractivity contribution in [1.82, 2.24) is 15.3 Å². The van der Waals surface area contributed by atoms with E-state index >= 15 is 0 Å². The fraction of sp³-hybridized carbons (Fsp3) is 0.545. The maximum absolute atomic E-state index is 12.0. The molecule has 1 amide bonds. The number of anilines is 2. The highest BCUT2D eigenvalue weighted by Crippen LogP contribution is 2.35. The minimum Gasteiger partial charge on any atom is -0.490 e. The minimum atomic E-state index is -0.717. The zero-order valence-electron chi connectivity index (χ0n) is 11.2. The predicted molar refractivity (Wildman–Crippen MR) is 70.8 cm³/mol. The van der Waals surface area contributed by atoms with Crippen molar-refractivity contribution in [3.8, 4) is 5.75 Å². The summed E-state index contributed by atoms with van der Waals surface area (Å²) in [6.45, 7) is 4.86. The van der Waals surface area contributed by atoms with Gasteiger partial charge in [0.15, 0.2) is 11.6 Å². The Labute approximate surface area is 111 Å². The Bertz CT molecular complexity index is 490. The monoisotopic (exact) mass is 266 g/mol. The molecule has 0 radical (unpaired) electrons. The number of carbonyl (C=O) groups is 1. The van der Waals surface area contributed by atoms with E-state index < -0.39 is 5.54 Å². The fourth-order valence-corrected chi connectivity index (χ4v) is 2.12. The topological polar surface area (TPSA) is 105 Å². The summed E-state index contributed by atoms with van der Waals surface area (Å²) in [7, 11) is 1.51. The predicted octanol–water partition coefficient (Wildman–Crippen LogP) is -0.514. The number of aromatic nitrogens is 2. The molecule has 0 atom stereocenters. The lowest BCUT2D eigenvalue weighted by atomic mass is 9.99. The number of nitrogens with zero attached hydrogens (tertiary/aromatic N) is 3. The first kappa shape index (κ1) is 13.3. The average molecular weight is 266 g/mol. The van der Waals surface area contributed by atoms with Gasteiger partial charge in [0.25, 0.3) is 0 Å². The van der Waals surface area contributed by atoms with Crippen LogP contribution in [-0.2, 0) is 4.79 Å². The molecule has 0 aliphatic carbocycles. The van der Waals surface area contributed by atoms with Crippen LogP contribution in [0.25, 0.3) is 0 Å². The van der Waals surface area contributed by atoms with Crippen molar-refractivity contribution in [2.45, 2.75) is 19.4 Å². The number of ether oxygens (including phenoxy) is 1. The van der Waals surface area contributed by atoms with Gasteiger partial charge in [0.2, 0.25) is 11.7 Å². The molecule has 8 heteroatoms. The lowest BCUT2D eigenvalue weighted by Crippen LogP contribution is -2.62. The lowest BCUT2D eigenvalue weighted by Gasteiger charge is -2.42. The summed E-state index contributed by atoms with van der Waals surface area (Å²) in [5.41, 5.74) is 1.74. The third-order valence-corrected chi connectivity index (χ3v) is 3.23. The number of hydrogen-bond acceptors (Lipinski definition) is 7. The fourth-order valence-electron chi connectivity index (χ4n) is 2.12. The van der Waals surface area contributed by atoms with Gasteiger partial charge >= 0.3 is 0 Å². The Kier molecular flexibility index (Phi) is 3.43. The number of carbonyl (C=O) groups excluding carboxylic acids is 1. The summed E-state index contributed by atoms with van der Waals surface area (Å²) in [6.07, 6.45) is 1.38. The van der Waals surface area contributed by atoms with E-state index in [4.69, 9.17) is 10.6 Å². The number of rotatable bonds is 3. The van der Waals surface area contributed by atoms with Gasteiger partial charge in [-0.1, -0.05) is 0 Å². The third-order valence-electron chi connectivity index (χ3n) is 3.23. The molecule has 0 saturated carbocycles. The van der Waals surface area contributed by atoms with E-state index in [9.17, 15) is 4.79 Å². The van der Waals surface area contributed by atoms with Gasteiger partial charge in [0, 0.05) is 13.1 Å². The number of nitrogen functional groups attached to an aromatic ring is 1. The van der Waals surface area contributed by atoms with Crippen molar-refractivity contribution in [1.29, 1.82) is 0 Å². The molecule has 8 nitrogen and oxygen atoms in total. The Morgan fingerprint density at radius 1 is 1.53 bits per heavy atom. The van der Waals surface area contributed by atoms with E-state index in [0.717, 1.165) is 0 Å². The molecule has 1 fully saturated rings. The van der Waals surface area contributed by atoms with Crippen LogP contribution >= 0.6 is 0 Å².